The SMILES string of the molecule is O=C(Nc1cccc(C#Cc2ccccn2)c1)C1CCCCN1C(=O)c1cccs1. The molecule has 0 saturated carbocycles. The third-order valence-corrected chi connectivity index (χ3v) is 5.79. The van der Waals surface area contributed by atoms with Gasteiger partial charge in [-0.25, -0.2) is 4.98 Å². The summed E-state index contributed by atoms with van der Waals surface area (Å²) in [5.41, 5.74) is 2.15. The maximum Gasteiger partial charge on any atom is 0.264 e. The maximum absolute atomic E-state index is 13.0. The van der Waals surface area contributed by atoms with Crippen LogP contribution in [-0.4, -0.2) is 34.3 Å². The van der Waals surface area contributed by atoms with E-state index in [9.17, 15) is 9.59 Å². The minimum atomic E-state index is -0.461. The number of pyridine rings is 1. The van der Waals surface area contributed by atoms with E-state index in [1.165, 1.54) is 11.3 Å². The molecule has 3 heterocycles. The lowest BCUT2D eigenvalue weighted by atomic mass is 10.0. The normalized spacial score (nSPS) is 15.7. The molecule has 1 unspecified atom stereocenters. The van der Waals surface area contributed by atoms with Crippen LogP contribution in [0.5, 0.6) is 0 Å². The molecule has 1 aliphatic heterocycles. The lowest BCUT2D eigenvalue weighted by molar-refractivity contribution is -0.121. The van der Waals surface area contributed by atoms with E-state index in [1.807, 2.05) is 53.9 Å². The van der Waals surface area contributed by atoms with Gasteiger partial charge in [-0.3, -0.25) is 9.59 Å². The van der Waals surface area contributed by atoms with Crippen LogP contribution in [0, 0.1) is 11.8 Å². The van der Waals surface area contributed by atoms with Crippen molar-refractivity contribution >= 4 is 28.8 Å². The van der Waals surface area contributed by atoms with Gasteiger partial charge in [0.25, 0.3) is 5.91 Å². The van der Waals surface area contributed by atoms with Gasteiger partial charge in [0.15, 0.2) is 0 Å². The van der Waals surface area contributed by atoms with Crippen LogP contribution in [0.4, 0.5) is 5.69 Å². The quantitative estimate of drug-likeness (QED) is 0.653. The van der Waals surface area contributed by atoms with Crippen molar-refractivity contribution in [3.63, 3.8) is 0 Å². The summed E-state index contributed by atoms with van der Waals surface area (Å²) < 4.78 is 0. The Bertz CT molecular complexity index is 1080. The highest BCUT2D eigenvalue weighted by Gasteiger charge is 2.33. The summed E-state index contributed by atoms with van der Waals surface area (Å²) in [5.74, 6) is 5.86. The highest BCUT2D eigenvalue weighted by Crippen LogP contribution is 2.23. The molecule has 3 aromatic rings. The fourth-order valence-electron chi connectivity index (χ4n) is 3.46. The number of aromatic nitrogens is 1. The number of amides is 2. The van der Waals surface area contributed by atoms with E-state index in [2.05, 4.69) is 22.1 Å². The fourth-order valence-corrected chi connectivity index (χ4v) is 4.14. The summed E-state index contributed by atoms with van der Waals surface area (Å²) in [7, 11) is 0. The summed E-state index contributed by atoms with van der Waals surface area (Å²) in [6.45, 7) is 0.602. The van der Waals surface area contributed by atoms with Crippen molar-refractivity contribution in [3.05, 3.63) is 82.3 Å². The number of anilines is 1. The minimum Gasteiger partial charge on any atom is -0.326 e. The highest BCUT2D eigenvalue weighted by molar-refractivity contribution is 7.12. The maximum atomic E-state index is 13.0. The Hall–Kier alpha value is -3.43. The second-order valence-corrected chi connectivity index (χ2v) is 7.97. The monoisotopic (exact) mass is 415 g/mol. The Kier molecular flexibility index (Phi) is 6.21. The van der Waals surface area contributed by atoms with Gasteiger partial charge in [-0.05, 0) is 67.0 Å². The molecule has 30 heavy (non-hydrogen) atoms. The van der Waals surface area contributed by atoms with Crippen molar-refractivity contribution in [3.8, 4) is 11.8 Å². The second kappa shape index (κ2) is 9.38. The Morgan fingerprint density at radius 3 is 2.80 bits per heavy atom. The van der Waals surface area contributed by atoms with Crippen molar-refractivity contribution < 1.29 is 9.59 Å². The first-order valence-corrected chi connectivity index (χ1v) is 10.8. The zero-order chi connectivity index (χ0) is 20.8. The van der Waals surface area contributed by atoms with E-state index in [0.717, 1.165) is 18.4 Å². The van der Waals surface area contributed by atoms with Crippen molar-refractivity contribution in [1.29, 1.82) is 0 Å². The van der Waals surface area contributed by atoms with Crippen molar-refractivity contribution in [1.82, 2.24) is 9.88 Å². The molecule has 0 bridgehead atoms. The predicted molar refractivity (Wildman–Crippen MR) is 118 cm³/mol. The number of rotatable bonds is 3. The zero-order valence-electron chi connectivity index (χ0n) is 16.4. The van der Waals surface area contributed by atoms with Crippen LogP contribution in [0.1, 0.15) is 40.2 Å². The molecule has 1 aliphatic rings. The molecule has 150 valence electrons. The molecule has 0 radical (unpaired) electrons. The highest BCUT2D eigenvalue weighted by atomic mass is 32.1. The number of thiophene rings is 1. The van der Waals surface area contributed by atoms with E-state index in [0.29, 0.717) is 29.2 Å². The van der Waals surface area contributed by atoms with Crippen molar-refractivity contribution in [2.24, 2.45) is 0 Å². The van der Waals surface area contributed by atoms with Crippen molar-refractivity contribution in [2.45, 2.75) is 25.3 Å². The molecule has 0 aliphatic carbocycles. The molecule has 1 aromatic carbocycles. The van der Waals surface area contributed by atoms with E-state index < -0.39 is 6.04 Å². The largest absolute Gasteiger partial charge is 0.326 e. The number of nitrogens with zero attached hydrogens (tertiary/aromatic N) is 2. The van der Waals surface area contributed by atoms with Gasteiger partial charge in [0.1, 0.15) is 11.7 Å². The molecule has 1 fully saturated rings. The fraction of sp³-hybridized carbons (Fsp3) is 0.208. The molecule has 4 rings (SSSR count). The van der Waals surface area contributed by atoms with E-state index in [-0.39, 0.29) is 11.8 Å². The van der Waals surface area contributed by atoms with Gasteiger partial charge in [0.2, 0.25) is 5.91 Å². The Morgan fingerprint density at radius 2 is 2.00 bits per heavy atom. The molecular formula is C24H21N3O2S. The average molecular weight is 416 g/mol. The number of hydrogen-bond donors (Lipinski definition) is 1. The lowest BCUT2D eigenvalue weighted by Gasteiger charge is -2.34. The predicted octanol–water partition coefficient (Wildman–Crippen LogP) is 4.18. The summed E-state index contributed by atoms with van der Waals surface area (Å²) >= 11 is 1.40. The minimum absolute atomic E-state index is 0.0696. The van der Waals surface area contributed by atoms with Gasteiger partial charge in [-0.15, -0.1) is 11.3 Å². The van der Waals surface area contributed by atoms with E-state index in [1.54, 1.807) is 17.2 Å². The van der Waals surface area contributed by atoms with Crippen LogP contribution in [0.25, 0.3) is 0 Å². The third kappa shape index (κ3) is 4.76. The van der Waals surface area contributed by atoms with Crippen LogP contribution in [0.3, 0.4) is 0 Å². The topological polar surface area (TPSA) is 62.3 Å². The van der Waals surface area contributed by atoms with Gasteiger partial charge < -0.3 is 10.2 Å². The van der Waals surface area contributed by atoms with Gasteiger partial charge in [-0.1, -0.05) is 24.1 Å². The summed E-state index contributed by atoms with van der Waals surface area (Å²) in [5, 5.41) is 4.85. The number of hydrogen-bond acceptors (Lipinski definition) is 4. The molecule has 1 atom stereocenters. The van der Waals surface area contributed by atoms with Gasteiger partial charge in [0.05, 0.1) is 4.88 Å². The van der Waals surface area contributed by atoms with Gasteiger partial charge in [-0.2, -0.15) is 0 Å². The number of benzene rings is 1. The first kappa shape index (κ1) is 19.9. The van der Waals surface area contributed by atoms with Crippen LogP contribution in [-0.2, 0) is 4.79 Å². The van der Waals surface area contributed by atoms with E-state index in [4.69, 9.17) is 0 Å². The molecule has 6 heteroatoms. The molecular weight excluding hydrogens is 394 g/mol. The number of likely N-dealkylation sites (tertiary alicyclic amines) is 1. The van der Waals surface area contributed by atoms with Gasteiger partial charge in [0, 0.05) is 24.0 Å². The lowest BCUT2D eigenvalue weighted by Crippen LogP contribution is -2.49. The number of piperidine rings is 1. The standard InChI is InChI=1S/C24H21N3O2S/c28-23(21-10-2-4-15-27(21)24(29)22-11-6-16-30-22)26-20-9-5-7-18(17-20)12-13-19-8-1-3-14-25-19/h1,3,5-9,11,14,16-17,21H,2,4,10,15H2,(H,26,28). The van der Waals surface area contributed by atoms with Crippen molar-refractivity contribution in [2.75, 3.05) is 11.9 Å². The summed E-state index contributed by atoms with van der Waals surface area (Å²) in [6.07, 6.45) is 4.22. The molecule has 2 aromatic heterocycles. The van der Waals surface area contributed by atoms with Crippen LogP contribution >= 0.6 is 11.3 Å². The van der Waals surface area contributed by atoms with Gasteiger partial charge >= 0.3 is 0 Å². The van der Waals surface area contributed by atoms with Crippen LogP contribution in [0.2, 0.25) is 0 Å². The summed E-state index contributed by atoms with van der Waals surface area (Å²) in [6, 6.07) is 16.2. The molecule has 0 spiro atoms. The summed E-state index contributed by atoms with van der Waals surface area (Å²) in [4.78, 5) is 32.4. The first-order chi connectivity index (χ1) is 14.7. The Balaban J connectivity index is 1.47. The average Bonchev–Trinajstić information content (AvgIpc) is 3.33. The second-order valence-electron chi connectivity index (χ2n) is 7.02. The number of nitrogens with one attached hydrogen (secondary N) is 1. The Labute approximate surface area is 179 Å². The number of carbonyl (C=O) groups is 2. The first-order valence-electron chi connectivity index (χ1n) is 9.89. The molecule has 1 N–H and O–H groups in total. The Morgan fingerprint density at radius 1 is 1.07 bits per heavy atom. The number of carbonyl (C=O) groups excluding carboxylic acids is 2. The molecule has 1 saturated heterocycles. The smallest absolute Gasteiger partial charge is 0.264 e. The molecule has 2 amide bonds. The van der Waals surface area contributed by atoms with Crippen LogP contribution < -0.4 is 5.32 Å². The molecule has 5 nitrogen and oxygen atoms in total. The third-order valence-electron chi connectivity index (χ3n) is 4.93. The van der Waals surface area contributed by atoms with Crippen LogP contribution in [0.15, 0.2) is 66.2 Å². The zero-order valence-corrected chi connectivity index (χ0v) is 17.2. The van der Waals surface area contributed by atoms with E-state index >= 15 is 0 Å².